The van der Waals surface area contributed by atoms with Crippen molar-refractivity contribution in [3.63, 3.8) is 0 Å². The maximum Gasteiger partial charge on any atom is 0.519 e. The van der Waals surface area contributed by atoms with Crippen molar-refractivity contribution in [2.75, 3.05) is 25.0 Å². The molecule has 0 unspecified atom stereocenters. The van der Waals surface area contributed by atoms with Crippen molar-refractivity contribution in [2.24, 2.45) is 7.05 Å². The van der Waals surface area contributed by atoms with Crippen LogP contribution in [-0.2, 0) is 11.8 Å². The molecule has 1 aromatic carbocycles. The average Bonchev–Trinajstić information content (AvgIpc) is 2.62. The van der Waals surface area contributed by atoms with Gasteiger partial charge in [-0.15, -0.1) is 13.2 Å². The topological polar surface area (TPSA) is 74.6 Å². The van der Waals surface area contributed by atoms with E-state index in [2.05, 4.69) is 5.32 Å². The van der Waals surface area contributed by atoms with Crippen LogP contribution >= 0.6 is 0 Å². The fourth-order valence-electron chi connectivity index (χ4n) is 2.50. The largest absolute Gasteiger partial charge is 0.519 e. The van der Waals surface area contributed by atoms with Gasteiger partial charge in [-0.2, -0.15) is 0 Å². The Bertz CT molecular complexity index is 870. The van der Waals surface area contributed by atoms with Crippen LogP contribution in [-0.4, -0.2) is 46.5 Å². The number of aromatic nitrogens is 1. The number of carbonyl (C=O) groups excluding carboxylic acids is 1. The highest BCUT2D eigenvalue weighted by molar-refractivity contribution is 5.81. The van der Waals surface area contributed by atoms with Crippen LogP contribution in [0.5, 0.6) is 0 Å². The number of nitrogens with one attached hydrogen (secondary N) is 1. The van der Waals surface area contributed by atoms with Crippen LogP contribution < -0.4 is 10.9 Å². The summed E-state index contributed by atoms with van der Waals surface area (Å²) < 4.78 is 44.2. The number of aryl methyl sites for hydroxylation is 1. The lowest BCUT2D eigenvalue weighted by atomic mass is 10.1. The quantitative estimate of drug-likeness (QED) is 0.728. The number of hydrogen-bond acceptors (Lipinski definition) is 4. The maximum absolute atomic E-state index is 13.0. The minimum atomic E-state index is -5.00. The Balaban J connectivity index is 0.000000565. The van der Waals surface area contributed by atoms with E-state index >= 15 is 0 Å². The van der Waals surface area contributed by atoms with E-state index in [1.54, 1.807) is 36.3 Å². The second kappa shape index (κ2) is 11.3. The maximum atomic E-state index is 13.0. The first-order valence-electron chi connectivity index (χ1n) is 9.32. The van der Waals surface area contributed by atoms with E-state index < -0.39 is 6.36 Å². The van der Waals surface area contributed by atoms with Crippen LogP contribution in [0.25, 0.3) is 11.1 Å². The standard InChI is InChI=1S/C17H18FN3O2.C2H6.CHF3O/c1-20-11-14(19-10-16(22)21-7-2-8-21)9-15(17(20)23)12-3-5-13(18)6-4-12;1-2;2-1(3,4)5/h3-6,9,11,19H,2,7-8,10H2,1H3;1-2H3;5H. The number of nitrogens with zero attached hydrogens (tertiary/aromatic N) is 2. The average molecular weight is 431 g/mol. The van der Waals surface area contributed by atoms with Crippen LogP contribution in [0.3, 0.4) is 0 Å². The highest BCUT2D eigenvalue weighted by Crippen LogP contribution is 2.19. The fraction of sp³-hybridized carbons (Fsp3) is 0.400. The number of likely N-dealkylation sites (tertiary alicyclic amines) is 1. The van der Waals surface area contributed by atoms with Crippen molar-refractivity contribution in [1.82, 2.24) is 9.47 Å². The first kappa shape index (κ1) is 25.2. The molecular formula is C20H25F4N3O3. The number of pyridine rings is 1. The number of halogens is 4. The molecule has 1 saturated heterocycles. The van der Waals surface area contributed by atoms with Crippen LogP contribution in [0.2, 0.25) is 0 Å². The van der Waals surface area contributed by atoms with Gasteiger partial charge in [-0.25, -0.2) is 4.39 Å². The minimum absolute atomic E-state index is 0.0495. The molecule has 0 bridgehead atoms. The summed E-state index contributed by atoms with van der Waals surface area (Å²) in [5.41, 5.74) is 1.62. The first-order valence-corrected chi connectivity index (χ1v) is 9.32. The van der Waals surface area contributed by atoms with Gasteiger partial charge >= 0.3 is 6.36 Å². The normalized spacial score (nSPS) is 12.6. The lowest BCUT2D eigenvalue weighted by Gasteiger charge is -2.31. The molecule has 2 aromatic rings. The molecule has 1 aromatic heterocycles. The molecule has 2 heterocycles. The number of alkyl halides is 3. The van der Waals surface area contributed by atoms with Gasteiger partial charge in [-0.05, 0) is 30.2 Å². The third kappa shape index (κ3) is 8.24. The van der Waals surface area contributed by atoms with Gasteiger partial charge in [-0.3, -0.25) is 9.59 Å². The van der Waals surface area contributed by atoms with Gasteiger partial charge in [0.05, 0.1) is 12.2 Å². The zero-order valence-corrected chi connectivity index (χ0v) is 17.0. The van der Waals surface area contributed by atoms with Gasteiger partial charge in [-0.1, -0.05) is 26.0 Å². The third-order valence-corrected chi connectivity index (χ3v) is 3.99. The highest BCUT2D eigenvalue weighted by atomic mass is 19.4. The Hall–Kier alpha value is -2.88. The lowest BCUT2D eigenvalue weighted by molar-refractivity contribution is -0.295. The van der Waals surface area contributed by atoms with Crippen molar-refractivity contribution in [3.05, 3.63) is 52.7 Å². The summed E-state index contributed by atoms with van der Waals surface area (Å²) in [5, 5.41) is 9.58. The molecular weight excluding hydrogens is 406 g/mol. The van der Waals surface area contributed by atoms with Gasteiger partial charge in [0.15, 0.2) is 0 Å². The Kier molecular flexibility index (Phi) is 9.51. The summed E-state index contributed by atoms with van der Waals surface area (Å²) in [4.78, 5) is 26.0. The van der Waals surface area contributed by atoms with Crippen molar-refractivity contribution < 1.29 is 27.5 Å². The number of anilines is 1. The molecule has 3 rings (SSSR count). The Morgan fingerprint density at radius 2 is 1.70 bits per heavy atom. The Morgan fingerprint density at radius 1 is 1.17 bits per heavy atom. The summed E-state index contributed by atoms with van der Waals surface area (Å²) >= 11 is 0. The molecule has 1 amide bonds. The molecule has 30 heavy (non-hydrogen) atoms. The van der Waals surface area contributed by atoms with Gasteiger partial charge in [0, 0.05) is 31.9 Å². The molecule has 10 heteroatoms. The summed E-state index contributed by atoms with van der Waals surface area (Å²) in [6.07, 6.45) is -2.29. The van der Waals surface area contributed by atoms with Gasteiger partial charge in [0.2, 0.25) is 5.91 Å². The van der Waals surface area contributed by atoms with Gasteiger partial charge in [0.25, 0.3) is 5.56 Å². The van der Waals surface area contributed by atoms with E-state index in [1.807, 2.05) is 13.8 Å². The third-order valence-electron chi connectivity index (χ3n) is 3.99. The number of rotatable bonds is 4. The molecule has 0 aliphatic carbocycles. The molecule has 0 spiro atoms. The van der Waals surface area contributed by atoms with E-state index in [-0.39, 0.29) is 23.8 Å². The first-order chi connectivity index (χ1) is 14.0. The van der Waals surface area contributed by atoms with Crippen LogP contribution in [0, 0.1) is 5.82 Å². The number of hydrogen-bond donors (Lipinski definition) is 2. The second-order valence-electron chi connectivity index (χ2n) is 6.12. The van der Waals surface area contributed by atoms with Crippen molar-refractivity contribution in [3.8, 4) is 11.1 Å². The van der Waals surface area contributed by atoms with Crippen molar-refractivity contribution >= 4 is 11.6 Å². The number of aliphatic hydroxyl groups is 1. The molecule has 0 atom stereocenters. The molecule has 1 fully saturated rings. The van der Waals surface area contributed by atoms with Crippen molar-refractivity contribution in [2.45, 2.75) is 26.6 Å². The summed E-state index contributed by atoms with van der Waals surface area (Å²) in [7, 11) is 1.65. The molecule has 166 valence electrons. The molecule has 6 nitrogen and oxygen atoms in total. The zero-order valence-electron chi connectivity index (χ0n) is 17.0. The summed E-state index contributed by atoms with van der Waals surface area (Å²) in [6.45, 7) is 5.82. The van der Waals surface area contributed by atoms with E-state index in [4.69, 9.17) is 5.11 Å². The van der Waals surface area contributed by atoms with E-state index in [0.29, 0.717) is 16.8 Å². The molecule has 0 radical (unpaired) electrons. The number of amides is 1. The lowest BCUT2D eigenvalue weighted by Crippen LogP contribution is -2.44. The number of benzene rings is 1. The molecule has 2 N–H and O–H groups in total. The van der Waals surface area contributed by atoms with Gasteiger partial charge < -0.3 is 19.9 Å². The summed E-state index contributed by atoms with van der Waals surface area (Å²) in [6, 6.07) is 7.48. The smallest absolute Gasteiger partial charge is 0.375 e. The second-order valence-corrected chi connectivity index (χ2v) is 6.12. The molecule has 1 aliphatic heterocycles. The minimum Gasteiger partial charge on any atom is -0.375 e. The van der Waals surface area contributed by atoms with Crippen LogP contribution in [0.4, 0.5) is 23.2 Å². The Labute approximate surface area is 171 Å². The fourth-order valence-corrected chi connectivity index (χ4v) is 2.50. The highest BCUT2D eigenvalue weighted by Gasteiger charge is 2.20. The van der Waals surface area contributed by atoms with E-state index in [9.17, 15) is 27.2 Å². The monoisotopic (exact) mass is 431 g/mol. The van der Waals surface area contributed by atoms with E-state index in [0.717, 1.165) is 19.5 Å². The SMILES string of the molecule is CC.Cn1cc(NCC(=O)N2CCC2)cc(-c2ccc(F)cc2)c1=O.OC(F)(F)F. The van der Waals surface area contributed by atoms with Crippen molar-refractivity contribution in [1.29, 1.82) is 0 Å². The van der Waals surface area contributed by atoms with Gasteiger partial charge in [0.1, 0.15) is 5.82 Å². The van der Waals surface area contributed by atoms with Crippen LogP contribution in [0.1, 0.15) is 20.3 Å². The predicted octanol–water partition coefficient (Wildman–Crippen LogP) is 3.36. The number of carbonyl (C=O) groups is 1. The van der Waals surface area contributed by atoms with E-state index in [1.165, 1.54) is 16.7 Å². The Morgan fingerprint density at radius 3 is 2.17 bits per heavy atom. The predicted molar refractivity (Wildman–Crippen MR) is 106 cm³/mol. The zero-order chi connectivity index (χ0) is 22.9. The molecule has 1 aliphatic rings. The van der Waals surface area contributed by atoms with Crippen LogP contribution in [0.15, 0.2) is 41.3 Å². The molecule has 0 saturated carbocycles. The summed E-state index contributed by atoms with van der Waals surface area (Å²) in [5.74, 6) is -0.298.